The molecule has 0 aromatic heterocycles. The van der Waals surface area contributed by atoms with Gasteiger partial charge in [-0.1, -0.05) is 6.08 Å². The van der Waals surface area contributed by atoms with Crippen LogP contribution in [0.4, 0.5) is 0 Å². The molecule has 0 amide bonds. The molecule has 0 radical (unpaired) electrons. The highest BCUT2D eigenvalue weighted by Gasteiger charge is 2.13. The topological polar surface area (TPSA) is 42.2 Å². The second kappa shape index (κ2) is 5.40. The van der Waals surface area contributed by atoms with Crippen molar-refractivity contribution < 1.29 is 9.47 Å². The van der Waals surface area contributed by atoms with Gasteiger partial charge in [-0.2, -0.15) is 5.26 Å². The lowest BCUT2D eigenvalue weighted by Gasteiger charge is -2.19. The summed E-state index contributed by atoms with van der Waals surface area (Å²) in [5, 5.41) is 8.81. The Morgan fingerprint density at radius 1 is 1.35 bits per heavy atom. The monoisotopic (exact) mass is 229 g/mol. The molecule has 1 aromatic carbocycles. The van der Waals surface area contributed by atoms with Gasteiger partial charge in [0, 0.05) is 6.07 Å². The van der Waals surface area contributed by atoms with Crippen LogP contribution >= 0.6 is 0 Å². The molecule has 88 valence electrons. The predicted octanol–water partition coefficient (Wildman–Crippen LogP) is 3.05. The Balaban J connectivity index is 2.17. The van der Waals surface area contributed by atoms with E-state index in [0.29, 0.717) is 17.1 Å². The minimum atomic E-state index is 0.116. The van der Waals surface area contributed by atoms with Crippen LogP contribution in [0.5, 0.6) is 11.5 Å². The second-order valence-electron chi connectivity index (χ2n) is 3.99. The molecule has 1 unspecified atom stereocenters. The number of hydrogen-bond acceptors (Lipinski definition) is 3. The SMILES string of the molecule is COc1cc(C#N)ccc1OC1C=CCCC1. The van der Waals surface area contributed by atoms with Gasteiger partial charge in [-0.25, -0.2) is 0 Å². The van der Waals surface area contributed by atoms with E-state index >= 15 is 0 Å². The lowest BCUT2D eigenvalue weighted by atomic mass is 10.1. The van der Waals surface area contributed by atoms with Crippen LogP contribution in [0.25, 0.3) is 0 Å². The standard InChI is InChI=1S/C14H15NO2/c1-16-14-9-11(10-15)7-8-13(14)17-12-5-3-2-4-6-12/h3,5,7-9,12H,2,4,6H2,1H3. The lowest BCUT2D eigenvalue weighted by Crippen LogP contribution is -2.16. The normalized spacial score (nSPS) is 18.5. The van der Waals surface area contributed by atoms with Crippen molar-refractivity contribution >= 4 is 0 Å². The quantitative estimate of drug-likeness (QED) is 0.748. The van der Waals surface area contributed by atoms with Crippen LogP contribution in [-0.2, 0) is 0 Å². The molecule has 3 heteroatoms. The van der Waals surface area contributed by atoms with Gasteiger partial charge in [0.15, 0.2) is 11.5 Å². The van der Waals surface area contributed by atoms with Gasteiger partial charge < -0.3 is 9.47 Å². The summed E-state index contributed by atoms with van der Waals surface area (Å²) in [6.45, 7) is 0. The first kappa shape index (κ1) is 11.5. The fraction of sp³-hybridized carbons (Fsp3) is 0.357. The van der Waals surface area contributed by atoms with E-state index in [-0.39, 0.29) is 6.10 Å². The fourth-order valence-corrected chi connectivity index (χ4v) is 1.88. The van der Waals surface area contributed by atoms with Crippen molar-refractivity contribution in [2.24, 2.45) is 0 Å². The highest BCUT2D eigenvalue weighted by molar-refractivity contribution is 5.46. The maximum Gasteiger partial charge on any atom is 0.162 e. The molecule has 0 saturated carbocycles. The van der Waals surface area contributed by atoms with E-state index in [1.807, 2.05) is 0 Å². The van der Waals surface area contributed by atoms with E-state index in [0.717, 1.165) is 19.3 Å². The first-order valence-corrected chi connectivity index (χ1v) is 5.75. The number of hydrogen-bond donors (Lipinski definition) is 0. The molecule has 0 fully saturated rings. The molecule has 0 spiro atoms. The van der Waals surface area contributed by atoms with Crippen molar-refractivity contribution in [2.75, 3.05) is 7.11 Å². The molecule has 0 aliphatic heterocycles. The average Bonchev–Trinajstić information content (AvgIpc) is 2.40. The van der Waals surface area contributed by atoms with Gasteiger partial charge in [0.2, 0.25) is 0 Å². The third-order valence-corrected chi connectivity index (χ3v) is 2.78. The number of benzene rings is 1. The van der Waals surface area contributed by atoms with Crippen molar-refractivity contribution in [3.8, 4) is 17.6 Å². The van der Waals surface area contributed by atoms with Crippen molar-refractivity contribution in [1.82, 2.24) is 0 Å². The number of methoxy groups -OCH3 is 1. The number of ether oxygens (including phenoxy) is 2. The highest BCUT2D eigenvalue weighted by atomic mass is 16.5. The minimum Gasteiger partial charge on any atom is -0.493 e. The lowest BCUT2D eigenvalue weighted by molar-refractivity contribution is 0.219. The van der Waals surface area contributed by atoms with Crippen LogP contribution in [-0.4, -0.2) is 13.2 Å². The third-order valence-electron chi connectivity index (χ3n) is 2.78. The summed E-state index contributed by atoms with van der Waals surface area (Å²) < 4.78 is 11.1. The van der Waals surface area contributed by atoms with Crippen molar-refractivity contribution in [3.63, 3.8) is 0 Å². The van der Waals surface area contributed by atoms with E-state index < -0.39 is 0 Å². The molecular weight excluding hydrogens is 214 g/mol. The number of allylic oxidation sites excluding steroid dienone is 1. The van der Waals surface area contributed by atoms with E-state index in [1.54, 1.807) is 25.3 Å². The molecule has 0 N–H and O–H groups in total. The number of nitriles is 1. The number of rotatable bonds is 3. The van der Waals surface area contributed by atoms with Gasteiger partial charge in [0.25, 0.3) is 0 Å². The van der Waals surface area contributed by atoms with Gasteiger partial charge in [0.05, 0.1) is 18.7 Å². The molecule has 3 nitrogen and oxygen atoms in total. The summed E-state index contributed by atoms with van der Waals surface area (Å²) in [4.78, 5) is 0. The molecule has 0 heterocycles. The third kappa shape index (κ3) is 2.79. The van der Waals surface area contributed by atoms with Crippen LogP contribution in [0.1, 0.15) is 24.8 Å². The maximum atomic E-state index is 8.81. The first-order valence-electron chi connectivity index (χ1n) is 5.75. The van der Waals surface area contributed by atoms with Gasteiger partial charge in [-0.05, 0) is 37.5 Å². The zero-order valence-corrected chi connectivity index (χ0v) is 9.85. The van der Waals surface area contributed by atoms with Crippen molar-refractivity contribution in [3.05, 3.63) is 35.9 Å². The number of nitrogens with zero attached hydrogens (tertiary/aromatic N) is 1. The van der Waals surface area contributed by atoms with E-state index in [9.17, 15) is 0 Å². The Morgan fingerprint density at radius 2 is 2.24 bits per heavy atom. The average molecular weight is 229 g/mol. The molecule has 1 aromatic rings. The zero-order valence-electron chi connectivity index (χ0n) is 9.85. The Hall–Kier alpha value is -1.95. The van der Waals surface area contributed by atoms with Crippen LogP contribution < -0.4 is 9.47 Å². The van der Waals surface area contributed by atoms with Gasteiger partial charge in [-0.15, -0.1) is 0 Å². The van der Waals surface area contributed by atoms with Gasteiger partial charge >= 0.3 is 0 Å². The molecule has 17 heavy (non-hydrogen) atoms. The molecule has 1 aliphatic rings. The maximum absolute atomic E-state index is 8.81. The Morgan fingerprint density at radius 3 is 2.88 bits per heavy atom. The van der Waals surface area contributed by atoms with Gasteiger partial charge in [0.1, 0.15) is 6.10 Å². The molecule has 0 saturated heterocycles. The fourth-order valence-electron chi connectivity index (χ4n) is 1.88. The van der Waals surface area contributed by atoms with Crippen LogP contribution in [0, 0.1) is 11.3 Å². The van der Waals surface area contributed by atoms with Crippen LogP contribution in [0.2, 0.25) is 0 Å². The summed E-state index contributed by atoms with van der Waals surface area (Å²) in [6, 6.07) is 7.31. The van der Waals surface area contributed by atoms with E-state index in [4.69, 9.17) is 14.7 Å². The molecule has 1 aliphatic carbocycles. The van der Waals surface area contributed by atoms with Crippen LogP contribution in [0.15, 0.2) is 30.4 Å². The summed E-state index contributed by atoms with van der Waals surface area (Å²) in [5.41, 5.74) is 0.577. The Bertz CT molecular complexity index is 460. The molecule has 1 atom stereocenters. The second-order valence-corrected chi connectivity index (χ2v) is 3.99. The summed E-state index contributed by atoms with van der Waals surface area (Å²) in [6.07, 6.45) is 7.65. The Labute approximate surface area is 101 Å². The van der Waals surface area contributed by atoms with Crippen molar-refractivity contribution in [1.29, 1.82) is 5.26 Å². The van der Waals surface area contributed by atoms with Gasteiger partial charge in [-0.3, -0.25) is 0 Å². The Kier molecular flexibility index (Phi) is 3.66. The first-order chi connectivity index (χ1) is 8.33. The molecule has 0 bridgehead atoms. The van der Waals surface area contributed by atoms with Crippen molar-refractivity contribution in [2.45, 2.75) is 25.4 Å². The summed E-state index contributed by atoms with van der Waals surface area (Å²) >= 11 is 0. The molecule has 2 rings (SSSR count). The largest absolute Gasteiger partial charge is 0.493 e. The minimum absolute atomic E-state index is 0.116. The smallest absolute Gasteiger partial charge is 0.162 e. The summed E-state index contributed by atoms with van der Waals surface area (Å²) in [5.74, 6) is 1.31. The van der Waals surface area contributed by atoms with E-state index in [2.05, 4.69) is 18.2 Å². The zero-order chi connectivity index (χ0) is 12.1. The molecular formula is C14H15NO2. The predicted molar refractivity (Wildman–Crippen MR) is 65.1 cm³/mol. The van der Waals surface area contributed by atoms with Crippen LogP contribution in [0.3, 0.4) is 0 Å². The summed E-state index contributed by atoms with van der Waals surface area (Å²) in [7, 11) is 1.58. The van der Waals surface area contributed by atoms with E-state index in [1.165, 1.54) is 0 Å². The highest BCUT2D eigenvalue weighted by Crippen LogP contribution is 2.30.